The van der Waals surface area contributed by atoms with Crippen LogP contribution in [-0.4, -0.2) is 13.5 Å². The molecule has 0 aromatic heterocycles. The van der Waals surface area contributed by atoms with Crippen LogP contribution in [0.5, 0.6) is 0 Å². The van der Waals surface area contributed by atoms with E-state index in [2.05, 4.69) is 11.9 Å². The summed E-state index contributed by atoms with van der Waals surface area (Å²) in [5, 5.41) is 0. The maximum Gasteiger partial charge on any atom is 0.227 e. The van der Waals surface area contributed by atoms with Crippen molar-refractivity contribution in [1.29, 1.82) is 0 Å². The molecule has 0 amide bonds. The van der Waals surface area contributed by atoms with Crippen molar-refractivity contribution in [3.8, 4) is 0 Å². The van der Waals surface area contributed by atoms with Gasteiger partial charge in [-0.05, 0) is 10.9 Å². The SMILES string of the molecule is CCCCCCF.FCOF. The summed E-state index contributed by atoms with van der Waals surface area (Å²) in [5.74, 6) is 0. The lowest BCUT2D eigenvalue weighted by molar-refractivity contribution is -0.167. The molecule has 0 aliphatic carbocycles. The van der Waals surface area contributed by atoms with Gasteiger partial charge in [0.15, 0.2) is 0 Å². The van der Waals surface area contributed by atoms with Gasteiger partial charge >= 0.3 is 0 Å². The van der Waals surface area contributed by atoms with Gasteiger partial charge in [0.25, 0.3) is 0 Å². The molecule has 0 atom stereocenters. The topological polar surface area (TPSA) is 9.23 Å². The maximum absolute atomic E-state index is 11.3. The van der Waals surface area contributed by atoms with E-state index in [1.807, 2.05) is 0 Å². The van der Waals surface area contributed by atoms with Gasteiger partial charge < -0.3 is 0 Å². The highest BCUT2D eigenvalue weighted by molar-refractivity contribution is 4.36. The second kappa shape index (κ2) is 16.4. The molecule has 0 aromatic carbocycles. The van der Waals surface area contributed by atoms with Gasteiger partial charge in [-0.3, -0.25) is 4.39 Å². The lowest BCUT2D eigenvalue weighted by atomic mass is 10.2. The second-order valence-electron chi connectivity index (χ2n) is 1.97. The molecule has 0 unspecified atom stereocenters. The van der Waals surface area contributed by atoms with E-state index in [1.54, 1.807) is 0 Å². The van der Waals surface area contributed by atoms with Crippen molar-refractivity contribution in [1.82, 2.24) is 0 Å². The zero-order valence-corrected chi connectivity index (χ0v) is 6.78. The van der Waals surface area contributed by atoms with Gasteiger partial charge in [0, 0.05) is 0 Å². The number of unbranched alkanes of at least 4 members (excludes halogenated alkanes) is 3. The van der Waals surface area contributed by atoms with E-state index in [0.717, 1.165) is 12.8 Å². The molecule has 0 rings (SSSR count). The number of hydrogen-bond donors (Lipinski definition) is 0. The van der Waals surface area contributed by atoms with Crippen LogP contribution < -0.4 is 0 Å². The van der Waals surface area contributed by atoms with Crippen molar-refractivity contribution in [2.45, 2.75) is 32.6 Å². The van der Waals surface area contributed by atoms with Crippen LogP contribution >= 0.6 is 0 Å². The van der Waals surface area contributed by atoms with Crippen LogP contribution in [-0.2, 0) is 4.94 Å². The first-order valence-corrected chi connectivity index (χ1v) is 3.68. The molecule has 0 bridgehead atoms. The molecule has 11 heavy (non-hydrogen) atoms. The Labute approximate surface area is 65.4 Å². The molecule has 0 saturated carbocycles. The Morgan fingerprint density at radius 3 is 1.91 bits per heavy atom. The van der Waals surface area contributed by atoms with E-state index in [-0.39, 0.29) is 6.67 Å². The molecule has 70 valence electrons. The quantitative estimate of drug-likeness (QED) is 0.578. The molecule has 0 aromatic rings. The third kappa shape index (κ3) is 26.0. The van der Waals surface area contributed by atoms with Crippen molar-refractivity contribution in [3.63, 3.8) is 0 Å². The molecule has 0 N–H and O–H groups in total. The van der Waals surface area contributed by atoms with Crippen LogP contribution in [0.2, 0.25) is 0 Å². The second-order valence-corrected chi connectivity index (χ2v) is 1.97. The molecule has 0 saturated heterocycles. The van der Waals surface area contributed by atoms with Gasteiger partial charge in [-0.25, -0.2) is 4.39 Å². The molecule has 0 aliphatic rings. The van der Waals surface area contributed by atoms with E-state index in [0.29, 0.717) is 0 Å². The van der Waals surface area contributed by atoms with Crippen LogP contribution in [0.3, 0.4) is 0 Å². The minimum Gasteiger partial charge on any atom is -0.251 e. The molecular weight excluding hydrogens is 157 g/mol. The summed E-state index contributed by atoms with van der Waals surface area (Å²) in [6.07, 6.45) is 4.20. The molecule has 0 aliphatic heterocycles. The number of halogens is 3. The monoisotopic (exact) mass is 172 g/mol. The molecule has 0 radical (unpaired) electrons. The Hall–Kier alpha value is -0.250. The lowest BCUT2D eigenvalue weighted by Gasteiger charge is -1.89. The normalized spacial score (nSPS) is 8.73. The Kier molecular flexibility index (Phi) is 19.9. The Morgan fingerprint density at radius 2 is 1.64 bits per heavy atom. The van der Waals surface area contributed by atoms with E-state index < -0.39 is 6.86 Å². The summed E-state index contributed by atoms with van der Waals surface area (Å²) in [6, 6.07) is 0. The Morgan fingerprint density at radius 1 is 1.09 bits per heavy atom. The van der Waals surface area contributed by atoms with Crippen LogP contribution in [0.4, 0.5) is 13.3 Å². The number of rotatable bonds is 5. The first kappa shape index (κ1) is 13.3. The molecular formula is C7H15F3O. The van der Waals surface area contributed by atoms with Gasteiger partial charge in [0.05, 0.1) is 6.67 Å². The van der Waals surface area contributed by atoms with E-state index in [4.69, 9.17) is 0 Å². The van der Waals surface area contributed by atoms with Crippen LogP contribution in [0.1, 0.15) is 32.6 Å². The predicted molar refractivity (Wildman–Crippen MR) is 38.3 cm³/mol. The van der Waals surface area contributed by atoms with Crippen molar-refractivity contribution in [3.05, 3.63) is 0 Å². The van der Waals surface area contributed by atoms with E-state index in [9.17, 15) is 13.3 Å². The lowest BCUT2D eigenvalue weighted by Crippen LogP contribution is -1.75. The zero-order chi connectivity index (χ0) is 8.95. The fourth-order valence-electron chi connectivity index (χ4n) is 0.521. The van der Waals surface area contributed by atoms with Gasteiger partial charge in [-0.1, -0.05) is 26.2 Å². The smallest absolute Gasteiger partial charge is 0.227 e. The van der Waals surface area contributed by atoms with Crippen LogP contribution in [0.15, 0.2) is 0 Å². The summed E-state index contributed by atoms with van der Waals surface area (Å²) in [5.41, 5.74) is 0. The molecule has 4 heteroatoms. The first-order chi connectivity index (χ1) is 5.33. The van der Waals surface area contributed by atoms with Crippen LogP contribution in [0, 0.1) is 0 Å². The van der Waals surface area contributed by atoms with E-state index >= 15 is 0 Å². The van der Waals surface area contributed by atoms with Crippen molar-refractivity contribution in [2.24, 2.45) is 0 Å². The van der Waals surface area contributed by atoms with Crippen molar-refractivity contribution in [2.75, 3.05) is 13.5 Å². The number of alkyl halides is 2. The van der Waals surface area contributed by atoms with E-state index in [1.165, 1.54) is 12.8 Å². The maximum atomic E-state index is 11.3. The highest BCUT2D eigenvalue weighted by atomic mass is 19.3. The average Bonchev–Trinajstić information content (AvgIpc) is 2.06. The largest absolute Gasteiger partial charge is 0.251 e. The molecule has 1 nitrogen and oxygen atoms in total. The summed E-state index contributed by atoms with van der Waals surface area (Å²) in [6.45, 7) is 0.637. The third-order valence-corrected chi connectivity index (χ3v) is 1.03. The number of hydrogen-bond acceptors (Lipinski definition) is 1. The zero-order valence-electron chi connectivity index (χ0n) is 6.78. The van der Waals surface area contributed by atoms with Gasteiger partial charge in [0.1, 0.15) is 0 Å². The predicted octanol–water partition coefficient (Wildman–Crippen LogP) is 3.35. The van der Waals surface area contributed by atoms with Crippen molar-refractivity contribution < 1.29 is 18.2 Å². The first-order valence-electron chi connectivity index (χ1n) is 3.68. The highest BCUT2D eigenvalue weighted by Gasteiger charge is 1.82. The van der Waals surface area contributed by atoms with Crippen LogP contribution in [0.25, 0.3) is 0 Å². The Bertz CT molecular complexity index is 47.0. The van der Waals surface area contributed by atoms with Gasteiger partial charge in [-0.15, -0.1) is 0 Å². The highest BCUT2D eigenvalue weighted by Crippen LogP contribution is 1.97. The molecule has 0 spiro atoms. The summed E-state index contributed by atoms with van der Waals surface area (Å²) < 4.78 is 31.3. The fourth-order valence-corrected chi connectivity index (χ4v) is 0.521. The summed E-state index contributed by atoms with van der Waals surface area (Å²) >= 11 is 0. The molecule has 0 fully saturated rings. The molecule has 0 heterocycles. The minimum atomic E-state index is -1.35. The Balaban J connectivity index is 0. The average molecular weight is 172 g/mol. The fraction of sp³-hybridized carbons (Fsp3) is 1.00. The summed E-state index contributed by atoms with van der Waals surface area (Å²) in [4.78, 5) is 2.38. The van der Waals surface area contributed by atoms with Gasteiger partial charge in [0.2, 0.25) is 6.86 Å². The van der Waals surface area contributed by atoms with Gasteiger partial charge in [-0.2, -0.15) is 4.94 Å². The minimum absolute atomic E-state index is 0.139. The summed E-state index contributed by atoms with van der Waals surface area (Å²) in [7, 11) is 0. The third-order valence-electron chi connectivity index (χ3n) is 1.03. The van der Waals surface area contributed by atoms with Crippen molar-refractivity contribution >= 4 is 0 Å². The standard InChI is InChI=1S/C6H13F.CH2F2O/c1-2-3-4-5-6-7;2-1-4-3/h2-6H2,1H3;1H2.